The molecular formula is C36H41N5O5. The normalized spacial score (nSPS) is 14.7. The lowest BCUT2D eigenvalue weighted by Crippen LogP contribution is -2.50. The van der Waals surface area contributed by atoms with Crippen molar-refractivity contribution in [1.82, 2.24) is 16.0 Å². The molecule has 0 radical (unpaired) electrons. The van der Waals surface area contributed by atoms with Crippen LogP contribution in [0.25, 0.3) is 11.1 Å². The fraction of sp³-hybridized carbons (Fsp3) is 0.306. The number of fused-ring (bicyclic) bond motifs is 1. The van der Waals surface area contributed by atoms with E-state index in [0.717, 1.165) is 39.3 Å². The monoisotopic (exact) mass is 623 g/mol. The summed E-state index contributed by atoms with van der Waals surface area (Å²) in [6.07, 6.45) is 2.88. The van der Waals surface area contributed by atoms with Gasteiger partial charge in [0.25, 0.3) is 0 Å². The molecule has 1 aliphatic heterocycles. The number of nitrogens with two attached hydrogens (primary N) is 1. The molecule has 4 amide bonds. The zero-order valence-electron chi connectivity index (χ0n) is 26.5. The van der Waals surface area contributed by atoms with E-state index >= 15 is 0 Å². The number of anilines is 1. The number of carbonyl (C=O) groups is 3. The second-order valence-electron chi connectivity index (χ2n) is 12.1. The van der Waals surface area contributed by atoms with Crippen LogP contribution in [0.2, 0.25) is 0 Å². The maximum absolute atomic E-state index is 14.1. The molecule has 0 fully saturated rings. The minimum absolute atomic E-state index is 0.162. The van der Waals surface area contributed by atoms with Gasteiger partial charge in [0.15, 0.2) is 0 Å². The van der Waals surface area contributed by atoms with Gasteiger partial charge in [-0.25, -0.2) is 4.79 Å². The second-order valence-corrected chi connectivity index (χ2v) is 12.1. The molecule has 4 aromatic rings. The molecule has 0 bridgehead atoms. The van der Waals surface area contributed by atoms with Gasteiger partial charge in [-0.3, -0.25) is 9.59 Å². The molecular weight excluding hydrogens is 582 g/mol. The van der Waals surface area contributed by atoms with Gasteiger partial charge in [-0.15, -0.1) is 0 Å². The van der Waals surface area contributed by atoms with Crippen molar-refractivity contribution in [3.05, 3.63) is 108 Å². The third-order valence-corrected chi connectivity index (χ3v) is 8.18. The summed E-state index contributed by atoms with van der Waals surface area (Å²) in [6.45, 7) is 5.05. The average Bonchev–Trinajstić information content (AvgIpc) is 3.54. The Hall–Kier alpha value is -5.09. The van der Waals surface area contributed by atoms with Crippen molar-refractivity contribution in [1.29, 1.82) is 0 Å². The van der Waals surface area contributed by atoms with Gasteiger partial charge in [-0.1, -0.05) is 48.5 Å². The van der Waals surface area contributed by atoms with Crippen molar-refractivity contribution in [2.24, 2.45) is 5.73 Å². The maximum atomic E-state index is 14.1. The number of primary amides is 1. The van der Waals surface area contributed by atoms with E-state index in [0.29, 0.717) is 38.2 Å². The van der Waals surface area contributed by atoms with Crippen molar-refractivity contribution in [2.75, 3.05) is 12.0 Å². The van der Waals surface area contributed by atoms with E-state index in [-0.39, 0.29) is 18.2 Å². The molecule has 10 heteroatoms. The highest BCUT2D eigenvalue weighted by molar-refractivity contribution is 6.00. The number of nitrogens with one attached hydrogen (secondary N) is 3. The number of furan rings is 1. The maximum Gasteiger partial charge on any atom is 0.312 e. The SMILES string of the molecule is COc1ccc2c(c1)CC[C@@H](NC(=O)CC(C)(C)NCc1ccco1)C(=O)N2Cc1ccc(-c2ccccc2CNC(N)=O)cc1. The smallest absolute Gasteiger partial charge is 0.312 e. The van der Waals surface area contributed by atoms with Crippen LogP contribution in [0.3, 0.4) is 0 Å². The summed E-state index contributed by atoms with van der Waals surface area (Å²) in [7, 11) is 1.62. The van der Waals surface area contributed by atoms with Gasteiger partial charge in [0.2, 0.25) is 11.8 Å². The number of aryl methyl sites for hydroxylation is 1. The minimum Gasteiger partial charge on any atom is -0.497 e. The number of benzene rings is 3. The molecule has 0 spiro atoms. The molecule has 1 aromatic heterocycles. The molecule has 0 aliphatic carbocycles. The first kappa shape index (κ1) is 32.3. The molecule has 10 nitrogen and oxygen atoms in total. The minimum atomic E-state index is -0.685. The van der Waals surface area contributed by atoms with E-state index in [4.69, 9.17) is 14.9 Å². The van der Waals surface area contributed by atoms with Gasteiger partial charge in [0, 0.05) is 24.2 Å². The second kappa shape index (κ2) is 14.3. The number of methoxy groups -OCH3 is 1. The Morgan fingerprint density at radius 1 is 1.02 bits per heavy atom. The van der Waals surface area contributed by atoms with Crippen LogP contribution in [0.1, 0.15) is 49.1 Å². The third-order valence-electron chi connectivity index (χ3n) is 8.18. The number of hydrogen-bond acceptors (Lipinski definition) is 6. The Balaban J connectivity index is 1.33. The van der Waals surface area contributed by atoms with Crippen LogP contribution in [0, 0.1) is 0 Å². The molecule has 1 atom stereocenters. The first-order valence-electron chi connectivity index (χ1n) is 15.4. The lowest BCUT2D eigenvalue weighted by molar-refractivity contribution is -0.128. The Morgan fingerprint density at radius 2 is 1.80 bits per heavy atom. The van der Waals surface area contributed by atoms with Crippen molar-refractivity contribution >= 4 is 23.5 Å². The highest BCUT2D eigenvalue weighted by Gasteiger charge is 2.33. The molecule has 0 saturated carbocycles. The number of urea groups is 1. The van der Waals surface area contributed by atoms with Crippen molar-refractivity contribution in [3.8, 4) is 16.9 Å². The number of nitrogens with zero attached hydrogens (tertiary/aromatic N) is 1. The van der Waals surface area contributed by atoms with Crippen LogP contribution in [-0.2, 0) is 35.6 Å². The molecule has 0 unspecified atom stereocenters. The molecule has 2 heterocycles. The number of amides is 4. The zero-order chi connectivity index (χ0) is 32.7. The fourth-order valence-corrected chi connectivity index (χ4v) is 5.74. The van der Waals surface area contributed by atoms with E-state index in [1.807, 2.05) is 92.7 Å². The van der Waals surface area contributed by atoms with Crippen molar-refractivity contribution in [2.45, 2.75) is 64.3 Å². The topological polar surface area (TPSA) is 139 Å². The predicted octanol–water partition coefficient (Wildman–Crippen LogP) is 5.05. The summed E-state index contributed by atoms with van der Waals surface area (Å²) in [5.41, 5.74) is 10.4. The van der Waals surface area contributed by atoms with E-state index in [2.05, 4.69) is 16.0 Å². The largest absolute Gasteiger partial charge is 0.497 e. The van der Waals surface area contributed by atoms with Crippen LogP contribution in [-0.4, -0.2) is 36.5 Å². The Labute approximate surface area is 269 Å². The zero-order valence-corrected chi connectivity index (χ0v) is 26.5. The lowest BCUT2D eigenvalue weighted by atomic mass is 9.98. The number of carbonyl (C=O) groups excluding carboxylic acids is 3. The van der Waals surface area contributed by atoms with Gasteiger partial charge in [0.05, 0.1) is 26.5 Å². The van der Waals surface area contributed by atoms with Crippen LogP contribution in [0.4, 0.5) is 10.5 Å². The first-order chi connectivity index (χ1) is 22.1. The quantitative estimate of drug-likeness (QED) is 0.174. The van der Waals surface area contributed by atoms with Crippen molar-refractivity contribution < 1.29 is 23.5 Å². The van der Waals surface area contributed by atoms with Gasteiger partial charge >= 0.3 is 6.03 Å². The molecule has 5 rings (SSSR count). The summed E-state index contributed by atoms with van der Waals surface area (Å²) in [4.78, 5) is 40.4. The van der Waals surface area contributed by atoms with Crippen molar-refractivity contribution in [3.63, 3.8) is 0 Å². The molecule has 5 N–H and O–H groups in total. The lowest BCUT2D eigenvalue weighted by Gasteiger charge is -2.29. The summed E-state index contributed by atoms with van der Waals surface area (Å²) in [5.74, 6) is 1.14. The van der Waals surface area contributed by atoms with E-state index in [9.17, 15) is 14.4 Å². The van der Waals surface area contributed by atoms with Crippen LogP contribution < -0.4 is 31.3 Å². The molecule has 240 valence electrons. The van der Waals surface area contributed by atoms with Crippen LogP contribution >= 0.6 is 0 Å². The standard InChI is InChI=1S/C36H41N5O5/c1-36(2,39-22-29-8-6-18-46-29)20-33(42)40-31-16-14-26-19-28(45-3)15-17-32(26)41(34(31)43)23-24-10-12-25(13-11-24)30-9-5-4-7-27(30)21-38-35(37)44/h4-13,15,17-19,31,39H,14,16,20-23H2,1-3H3,(H,40,42)(H3,37,38,44)/t31-/m1/s1. The molecule has 46 heavy (non-hydrogen) atoms. The average molecular weight is 624 g/mol. The van der Waals surface area contributed by atoms with E-state index in [1.165, 1.54) is 0 Å². The van der Waals surface area contributed by atoms with Crippen LogP contribution in [0.5, 0.6) is 5.75 Å². The summed E-state index contributed by atoms with van der Waals surface area (Å²) in [5, 5.41) is 9.05. The summed E-state index contributed by atoms with van der Waals surface area (Å²) < 4.78 is 10.9. The van der Waals surface area contributed by atoms with Gasteiger partial charge in [0.1, 0.15) is 17.6 Å². The molecule has 1 aliphatic rings. The highest BCUT2D eigenvalue weighted by atomic mass is 16.5. The summed E-state index contributed by atoms with van der Waals surface area (Å²) >= 11 is 0. The third kappa shape index (κ3) is 8.13. The molecule has 3 aromatic carbocycles. The van der Waals surface area contributed by atoms with Crippen LogP contribution in [0.15, 0.2) is 89.5 Å². The molecule has 0 saturated heterocycles. The van der Waals surface area contributed by atoms with E-state index in [1.54, 1.807) is 18.3 Å². The van der Waals surface area contributed by atoms with Gasteiger partial charge < -0.3 is 35.7 Å². The summed E-state index contributed by atoms with van der Waals surface area (Å²) in [6, 6.07) is 24.0. The fourth-order valence-electron chi connectivity index (χ4n) is 5.74. The number of hydrogen-bond donors (Lipinski definition) is 4. The predicted molar refractivity (Wildman–Crippen MR) is 177 cm³/mol. The highest BCUT2D eigenvalue weighted by Crippen LogP contribution is 2.32. The Kier molecular flexibility index (Phi) is 10.1. The number of rotatable bonds is 12. The van der Waals surface area contributed by atoms with E-state index < -0.39 is 17.6 Å². The Bertz CT molecular complexity index is 1670. The Morgan fingerprint density at radius 3 is 2.52 bits per heavy atom. The van der Waals surface area contributed by atoms with Gasteiger partial charge in [-0.2, -0.15) is 0 Å². The number of ether oxygens (including phenoxy) is 1. The first-order valence-corrected chi connectivity index (χ1v) is 15.4. The van der Waals surface area contributed by atoms with Gasteiger partial charge in [-0.05, 0) is 84.8 Å².